The third-order valence-corrected chi connectivity index (χ3v) is 4.38. The number of pyridine rings is 2. The number of benzene rings is 1. The zero-order valence-corrected chi connectivity index (χ0v) is 17.8. The van der Waals surface area contributed by atoms with Crippen molar-refractivity contribution in [1.82, 2.24) is 24.7 Å². The Hall–Kier alpha value is -2.79. The van der Waals surface area contributed by atoms with Gasteiger partial charge in [0.1, 0.15) is 18.2 Å². The summed E-state index contributed by atoms with van der Waals surface area (Å²) in [6.45, 7) is 3.85. The maximum absolute atomic E-state index is 14.0. The van der Waals surface area contributed by atoms with Crippen molar-refractivity contribution in [2.75, 3.05) is 0 Å². The van der Waals surface area contributed by atoms with Crippen LogP contribution in [0.2, 0.25) is 0 Å². The monoisotopic (exact) mass is 570 g/mol. The van der Waals surface area contributed by atoms with Gasteiger partial charge in [-0.3, -0.25) is 4.98 Å². The van der Waals surface area contributed by atoms with Gasteiger partial charge in [0.25, 0.3) is 0 Å². The summed E-state index contributed by atoms with van der Waals surface area (Å²) in [5.74, 6) is -1.33. The van der Waals surface area contributed by atoms with Crippen LogP contribution in [0.3, 0.4) is 0 Å². The van der Waals surface area contributed by atoms with Gasteiger partial charge >= 0.3 is 21.1 Å². The number of nitrogens with zero attached hydrogens (tertiary/aromatic N) is 5. The van der Waals surface area contributed by atoms with Gasteiger partial charge in [-0.05, 0) is 31.3 Å². The van der Waals surface area contributed by atoms with E-state index >= 15 is 0 Å². The van der Waals surface area contributed by atoms with Gasteiger partial charge in [-0.15, -0.1) is 12.1 Å². The second-order valence-corrected chi connectivity index (χ2v) is 6.68. The molecule has 0 saturated heterocycles. The van der Waals surface area contributed by atoms with E-state index in [9.17, 15) is 8.78 Å². The summed E-state index contributed by atoms with van der Waals surface area (Å²) in [4.78, 5) is 12.2. The maximum Gasteiger partial charge on any atom is 2.00 e. The molecule has 3 aromatic heterocycles. The molecule has 0 radical (unpaired) electrons. The molecule has 3 heterocycles. The first-order valence-electron chi connectivity index (χ1n) is 8.56. The van der Waals surface area contributed by atoms with Crippen LogP contribution in [0.1, 0.15) is 25.4 Å². The van der Waals surface area contributed by atoms with Gasteiger partial charge in [0.2, 0.25) is 0 Å². The molecule has 0 saturated carbocycles. The molecule has 0 N–H and O–H groups in total. The number of halogens is 2. The quantitative estimate of drug-likeness (QED) is 0.276. The third kappa shape index (κ3) is 4.15. The van der Waals surface area contributed by atoms with Crippen molar-refractivity contribution < 1.29 is 29.8 Å². The molecule has 0 atom stereocenters. The second-order valence-electron chi connectivity index (χ2n) is 6.68. The first-order valence-corrected chi connectivity index (χ1v) is 8.56. The van der Waals surface area contributed by atoms with Gasteiger partial charge in [0.05, 0.1) is 5.41 Å². The molecule has 0 spiro atoms. The fraction of sp³-hybridized carbons (Fsp3) is 0.143. The Morgan fingerprint density at radius 1 is 1.00 bits per heavy atom. The molecule has 0 aliphatic heterocycles. The van der Waals surface area contributed by atoms with Crippen molar-refractivity contribution in [1.29, 1.82) is 0 Å². The predicted octanol–water partition coefficient (Wildman–Crippen LogP) is 3.93. The van der Waals surface area contributed by atoms with Gasteiger partial charge < -0.3 is 4.98 Å². The molecule has 8 heteroatoms. The average Bonchev–Trinajstić information content (AvgIpc) is 3.20. The van der Waals surface area contributed by atoms with Crippen LogP contribution in [0.4, 0.5) is 8.78 Å². The number of rotatable bonds is 4. The van der Waals surface area contributed by atoms with Crippen LogP contribution >= 0.6 is 0 Å². The maximum atomic E-state index is 14.0. The Bertz CT molecular complexity index is 1130. The summed E-state index contributed by atoms with van der Waals surface area (Å²) in [6, 6.07) is 19.3. The fourth-order valence-electron chi connectivity index (χ4n) is 2.78. The Balaban J connectivity index is 0.00000240. The van der Waals surface area contributed by atoms with E-state index in [0.29, 0.717) is 17.2 Å². The Morgan fingerprint density at radius 2 is 1.83 bits per heavy atom. The van der Waals surface area contributed by atoms with Crippen LogP contribution in [-0.2, 0) is 26.5 Å². The molecule has 0 amide bonds. The van der Waals surface area contributed by atoms with Crippen LogP contribution in [-0.4, -0.2) is 24.7 Å². The summed E-state index contributed by atoms with van der Waals surface area (Å²) in [6.07, 6.45) is 1.62. The van der Waals surface area contributed by atoms with Crippen LogP contribution in [0.15, 0.2) is 54.9 Å². The Morgan fingerprint density at radius 3 is 2.55 bits per heavy atom. The van der Waals surface area contributed by atoms with Crippen LogP contribution in [0.25, 0.3) is 16.9 Å². The molecule has 4 rings (SSSR count). The summed E-state index contributed by atoms with van der Waals surface area (Å²) >= 11 is 0. The number of hydrogen-bond donors (Lipinski definition) is 0. The van der Waals surface area contributed by atoms with E-state index in [2.05, 4.69) is 32.2 Å². The molecular weight excluding hydrogens is 555 g/mol. The van der Waals surface area contributed by atoms with Crippen molar-refractivity contribution >= 4 is 0 Å². The van der Waals surface area contributed by atoms with E-state index in [0.717, 1.165) is 11.8 Å². The van der Waals surface area contributed by atoms with Crippen LogP contribution in [0, 0.1) is 24.0 Å². The standard InChI is InChI=1S/C21H15F2N5.Pt/c1-21(2,20-24-13-28(27-20)14-7-4-3-5-8-14)17-10-6-9-16(25-17)15-11-12-18(22)26-19(15)23;/h3-7,9-10,12-13H,1-2H3;/q-2;+2. The Kier molecular flexibility index (Phi) is 5.98. The molecule has 4 aromatic rings. The molecule has 0 fully saturated rings. The van der Waals surface area contributed by atoms with Crippen molar-refractivity contribution in [3.63, 3.8) is 0 Å². The van der Waals surface area contributed by atoms with E-state index in [4.69, 9.17) is 0 Å². The van der Waals surface area contributed by atoms with E-state index in [1.165, 1.54) is 0 Å². The summed E-state index contributed by atoms with van der Waals surface area (Å²) in [5.41, 5.74) is 1.08. The minimum atomic E-state index is -0.954. The molecule has 148 valence electrons. The smallest absolute Gasteiger partial charge is 0.300 e. The molecule has 5 nitrogen and oxygen atoms in total. The number of aromatic nitrogens is 5. The average molecular weight is 570 g/mol. The summed E-state index contributed by atoms with van der Waals surface area (Å²) in [7, 11) is 0. The van der Waals surface area contributed by atoms with E-state index in [-0.39, 0.29) is 26.6 Å². The van der Waals surface area contributed by atoms with Crippen molar-refractivity contribution in [3.05, 3.63) is 90.4 Å². The fourth-order valence-corrected chi connectivity index (χ4v) is 2.78. The van der Waals surface area contributed by atoms with E-state index in [1.807, 2.05) is 38.1 Å². The summed E-state index contributed by atoms with van der Waals surface area (Å²) < 4.78 is 28.7. The molecule has 0 aliphatic carbocycles. The first-order chi connectivity index (χ1) is 13.4. The molecule has 0 aliphatic rings. The summed E-state index contributed by atoms with van der Waals surface area (Å²) in [5, 5.41) is 4.55. The van der Waals surface area contributed by atoms with Crippen LogP contribution < -0.4 is 0 Å². The van der Waals surface area contributed by atoms with Gasteiger partial charge in [0.15, 0.2) is 5.82 Å². The van der Waals surface area contributed by atoms with Crippen molar-refractivity contribution in [3.8, 4) is 16.9 Å². The van der Waals surface area contributed by atoms with Gasteiger partial charge in [0, 0.05) is 5.69 Å². The van der Waals surface area contributed by atoms with Gasteiger partial charge in [-0.1, -0.05) is 23.8 Å². The second kappa shape index (κ2) is 8.29. The molecule has 29 heavy (non-hydrogen) atoms. The number of hydrogen-bond acceptors (Lipinski definition) is 4. The topological polar surface area (TPSA) is 56.5 Å². The zero-order valence-electron chi connectivity index (χ0n) is 15.5. The largest absolute Gasteiger partial charge is 2.00 e. The third-order valence-electron chi connectivity index (χ3n) is 4.38. The van der Waals surface area contributed by atoms with Crippen molar-refractivity contribution in [2.24, 2.45) is 0 Å². The zero-order chi connectivity index (χ0) is 19.7. The minimum Gasteiger partial charge on any atom is -0.300 e. The molecular formula is C21H15F2N5Pt. The molecule has 0 bridgehead atoms. The van der Waals surface area contributed by atoms with E-state index in [1.54, 1.807) is 29.2 Å². The van der Waals surface area contributed by atoms with Crippen LogP contribution in [0.5, 0.6) is 0 Å². The molecule has 0 unspecified atom stereocenters. The normalized spacial score (nSPS) is 11.2. The minimum absolute atomic E-state index is 0. The van der Waals surface area contributed by atoms with Gasteiger partial charge in [-0.2, -0.15) is 29.4 Å². The predicted molar refractivity (Wildman–Crippen MR) is 98.5 cm³/mol. The first kappa shape index (κ1) is 20.9. The van der Waals surface area contributed by atoms with Gasteiger partial charge in [-0.25, -0.2) is 18.4 Å². The SMILES string of the molecule is CC(C)(c1cccc(-c2[c-]cc(F)nc2F)n1)c1ncn(-c2[c-]cccc2)n1.[Pt+2]. The van der Waals surface area contributed by atoms with Crippen molar-refractivity contribution in [2.45, 2.75) is 19.3 Å². The van der Waals surface area contributed by atoms with E-state index < -0.39 is 17.3 Å². The molecule has 1 aromatic carbocycles. The Labute approximate surface area is 181 Å². The number of para-hydroxylation sites is 1.